The van der Waals surface area contributed by atoms with Crippen molar-refractivity contribution < 1.29 is 9.84 Å². The molecule has 0 aromatic heterocycles. The highest BCUT2D eigenvalue weighted by molar-refractivity contribution is 4.85. The first-order chi connectivity index (χ1) is 7.80. The summed E-state index contributed by atoms with van der Waals surface area (Å²) in [5.41, 5.74) is -0.685. The molecule has 1 aliphatic rings. The van der Waals surface area contributed by atoms with E-state index in [-0.39, 0.29) is 6.10 Å². The molecule has 0 spiro atoms. The van der Waals surface area contributed by atoms with E-state index in [2.05, 4.69) is 37.9 Å². The Bertz CT molecular complexity index is 231. The number of hydrogen-bond acceptors (Lipinski definition) is 4. The normalized spacial score (nSPS) is 30.5. The number of morpholine rings is 1. The third-order valence-electron chi connectivity index (χ3n) is 3.17. The third-order valence-corrected chi connectivity index (χ3v) is 3.17. The van der Waals surface area contributed by atoms with Crippen LogP contribution < -0.4 is 5.32 Å². The van der Waals surface area contributed by atoms with Crippen LogP contribution in [0.2, 0.25) is 0 Å². The van der Waals surface area contributed by atoms with Gasteiger partial charge in [-0.05, 0) is 20.8 Å². The number of aliphatic hydroxyl groups is 1. The quantitative estimate of drug-likeness (QED) is 0.752. The molecule has 0 aliphatic carbocycles. The Hall–Kier alpha value is -0.160. The first kappa shape index (κ1) is 14.9. The van der Waals surface area contributed by atoms with E-state index in [1.54, 1.807) is 0 Å². The molecule has 0 bridgehead atoms. The second kappa shape index (κ2) is 6.14. The van der Waals surface area contributed by atoms with Crippen molar-refractivity contribution >= 4 is 0 Å². The van der Waals surface area contributed by atoms with E-state index < -0.39 is 5.60 Å². The molecular weight excluding hydrogens is 216 g/mol. The number of nitrogens with zero attached hydrogens (tertiary/aromatic N) is 1. The van der Waals surface area contributed by atoms with E-state index in [9.17, 15) is 5.11 Å². The molecule has 2 N–H and O–H groups in total. The minimum atomic E-state index is -0.685. The molecule has 17 heavy (non-hydrogen) atoms. The van der Waals surface area contributed by atoms with Crippen LogP contribution in [0.1, 0.15) is 34.6 Å². The fraction of sp³-hybridized carbons (Fsp3) is 1.00. The average Bonchev–Trinajstić information content (AvgIpc) is 2.20. The molecule has 1 aliphatic heterocycles. The van der Waals surface area contributed by atoms with Crippen molar-refractivity contribution in [3.63, 3.8) is 0 Å². The molecular formula is C13H28N2O2. The maximum atomic E-state index is 10.4. The lowest BCUT2D eigenvalue weighted by molar-refractivity contribution is -0.0787. The Morgan fingerprint density at radius 1 is 1.47 bits per heavy atom. The van der Waals surface area contributed by atoms with Gasteiger partial charge in [-0.15, -0.1) is 0 Å². The monoisotopic (exact) mass is 244 g/mol. The van der Waals surface area contributed by atoms with Gasteiger partial charge in [0.1, 0.15) is 0 Å². The first-order valence-corrected chi connectivity index (χ1v) is 6.61. The summed E-state index contributed by atoms with van der Waals surface area (Å²) in [5, 5.41) is 13.7. The zero-order valence-electron chi connectivity index (χ0n) is 11.9. The summed E-state index contributed by atoms with van der Waals surface area (Å²) in [6, 6.07) is 0.791. The molecule has 0 aromatic carbocycles. The standard InChI is InChI=1S/C13H28N2O2/c1-10(2)14-8-13(5,16)9-15-6-12(4)17-7-11(15)3/h10-12,14,16H,6-9H2,1-5H3. The highest BCUT2D eigenvalue weighted by atomic mass is 16.5. The van der Waals surface area contributed by atoms with Crippen LogP contribution in [-0.4, -0.2) is 60.0 Å². The molecule has 0 amide bonds. The van der Waals surface area contributed by atoms with Gasteiger partial charge in [-0.2, -0.15) is 0 Å². The highest BCUT2D eigenvalue weighted by Crippen LogP contribution is 2.15. The predicted molar refractivity (Wildman–Crippen MR) is 70.2 cm³/mol. The van der Waals surface area contributed by atoms with Crippen LogP contribution >= 0.6 is 0 Å². The van der Waals surface area contributed by atoms with Gasteiger partial charge in [0.05, 0.1) is 18.3 Å². The molecule has 102 valence electrons. The second-order valence-electron chi connectivity index (χ2n) is 5.95. The fourth-order valence-electron chi connectivity index (χ4n) is 2.11. The number of hydrogen-bond donors (Lipinski definition) is 2. The molecule has 1 fully saturated rings. The summed E-state index contributed by atoms with van der Waals surface area (Å²) >= 11 is 0. The van der Waals surface area contributed by atoms with Crippen LogP contribution in [0, 0.1) is 0 Å². The first-order valence-electron chi connectivity index (χ1n) is 6.61. The third kappa shape index (κ3) is 5.34. The Balaban J connectivity index is 2.44. The molecule has 3 unspecified atom stereocenters. The summed E-state index contributed by atoms with van der Waals surface area (Å²) in [6.07, 6.45) is 0.264. The van der Waals surface area contributed by atoms with Gasteiger partial charge >= 0.3 is 0 Å². The lowest BCUT2D eigenvalue weighted by atomic mass is 10.0. The zero-order chi connectivity index (χ0) is 13.1. The SMILES string of the molecule is CC(C)NCC(C)(O)CN1CC(C)OCC1C. The lowest BCUT2D eigenvalue weighted by Crippen LogP contribution is -2.55. The van der Waals surface area contributed by atoms with Crippen LogP contribution in [0.5, 0.6) is 0 Å². The van der Waals surface area contributed by atoms with Crippen LogP contribution in [-0.2, 0) is 4.74 Å². The van der Waals surface area contributed by atoms with Gasteiger partial charge in [0.25, 0.3) is 0 Å². The van der Waals surface area contributed by atoms with Gasteiger partial charge in [-0.25, -0.2) is 0 Å². The molecule has 1 saturated heterocycles. The van der Waals surface area contributed by atoms with Crippen LogP contribution in [0.4, 0.5) is 0 Å². The van der Waals surface area contributed by atoms with Crippen LogP contribution in [0.25, 0.3) is 0 Å². The Labute approximate surface area is 105 Å². The molecule has 3 atom stereocenters. The smallest absolute Gasteiger partial charge is 0.0869 e. The Kier molecular flexibility index (Phi) is 5.38. The summed E-state index contributed by atoms with van der Waals surface area (Å²) in [7, 11) is 0. The van der Waals surface area contributed by atoms with Gasteiger partial charge < -0.3 is 15.2 Å². The van der Waals surface area contributed by atoms with Crippen LogP contribution in [0.15, 0.2) is 0 Å². The summed E-state index contributed by atoms with van der Waals surface area (Å²) in [6.45, 7) is 13.3. The molecule has 0 aromatic rings. The van der Waals surface area contributed by atoms with Gasteiger partial charge in [0, 0.05) is 31.7 Å². The molecule has 0 saturated carbocycles. The molecule has 4 heteroatoms. The van der Waals surface area contributed by atoms with E-state index in [1.165, 1.54) is 0 Å². The molecule has 1 heterocycles. The Morgan fingerprint density at radius 3 is 2.71 bits per heavy atom. The van der Waals surface area contributed by atoms with Gasteiger partial charge in [0.15, 0.2) is 0 Å². The van der Waals surface area contributed by atoms with Crippen molar-refractivity contribution in [2.75, 3.05) is 26.2 Å². The van der Waals surface area contributed by atoms with Crippen molar-refractivity contribution in [2.24, 2.45) is 0 Å². The average molecular weight is 244 g/mol. The molecule has 0 radical (unpaired) electrons. The van der Waals surface area contributed by atoms with E-state index in [0.29, 0.717) is 25.2 Å². The zero-order valence-corrected chi connectivity index (χ0v) is 11.9. The number of ether oxygens (including phenoxy) is 1. The highest BCUT2D eigenvalue weighted by Gasteiger charge is 2.30. The van der Waals surface area contributed by atoms with Gasteiger partial charge in [-0.3, -0.25) is 4.90 Å². The number of nitrogens with one attached hydrogen (secondary N) is 1. The van der Waals surface area contributed by atoms with Crippen LogP contribution in [0.3, 0.4) is 0 Å². The molecule has 4 nitrogen and oxygen atoms in total. The van der Waals surface area contributed by atoms with Crippen molar-refractivity contribution in [1.29, 1.82) is 0 Å². The Morgan fingerprint density at radius 2 is 2.12 bits per heavy atom. The number of β-amino-alcohol motifs (C(OH)–C–C–N with tert-alkyl or cyclic N) is 1. The fourth-order valence-corrected chi connectivity index (χ4v) is 2.11. The van der Waals surface area contributed by atoms with E-state index in [1.807, 2.05) is 6.92 Å². The lowest BCUT2D eigenvalue weighted by Gasteiger charge is -2.40. The number of rotatable bonds is 5. The minimum absolute atomic E-state index is 0.264. The largest absolute Gasteiger partial charge is 0.388 e. The summed E-state index contributed by atoms with van der Waals surface area (Å²) < 4.78 is 5.59. The summed E-state index contributed by atoms with van der Waals surface area (Å²) in [4.78, 5) is 2.32. The van der Waals surface area contributed by atoms with Gasteiger partial charge in [-0.1, -0.05) is 13.8 Å². The van der Waals surface area contributed by atoms with Crippen molar-refractivity contribution in [3.8, 4) is 0 Å². The van der Waals surface area contributed by atoms with E-state index in [0.717, 1.165) is 13.2 Å². The predicted octanol–water partition coefficient (Wildman–Crippen LogP) is 0.845. The summed E-state index contributed by atoms with van der Waals surface area (Å²) in [5.74, 6) is 0. The van der Waals surface area contributed by atoms with Crippen molar-refractivity contribution in [2.45, 2.75) is 58.4 Å². The molecule has 1 rings (SSSR count). The van der Waals surface area contributed by atoms with Crippen molar-refractivity contribution in [1.82, 2.24) is 10.2 Å². The van der Waals surface area contributed by atoms with E-state index in [4.69, 9.17) is 4.74 Å². The topological polar surface area (TPSA) is 44.7 Å². The maximum absolute atomic E-state index is 10.4. The minimum Gasteiger partial charge on any atom is -0.388 e. The van der Waals surface area contributed by atoms with Gasteiger partial charge in [0.2, 0.25) is 0 Å². The maximum Gasteiger partial charge on any atom is 0.0869 e. The van der Waals surface area contributed by atoms with Crippen molar-refractivity contribution in [3.05, 3.63) is 0 Å². The second-order valence-corrected chi connectivity index (χ2v) is 5.95. The van der Waals surface area contributed by atoms with E-state index >= 15 is 0 Å².